The van der Waals surface area contributed by atoms with Gasteiger partial charge in [-0.25, -0.2) is 0 Å². The van der Waals surface area contributed by atoms with Gasteiger partial charge in [0.25, 0.3) is 0 Å². The van der Waals surface area contributed by atoms with Gasteiger partial charge >= 0.3 is 6.18 Å². The van der Waals surface area contributed by atoms with E-state index >= 15 is 0 Å². The Morgan fingerprint density at radius 2 is 1.48 bits per heavy atom. The molecule has 110 valence electrons. The van der Waals surface area contributed by atoms with Crippen LogP contribution >= 0.6 is 0 Å². The molecule has 1 N–H and O–H groups in total. The Bertz CT molecular complexity index is 594. The Balaban J connectivity index is 2.45. The van der Waals surface area contributed by atoms with Gasteiger partial charge in [0.2, 0.25) is 0 Å². The number of nitrogens with zero attached hydrogens (tertiary/aromatic N) is 1. The minimum Gasteiger partial charge on any atom is -0.394 e. The van der Waals surface area contributed by atoms with Gasteiger partial charge in [-0.05, 0) is 5.56 Å². The maximum Gasteiger partial charge on any atom is 0.433 e. The number of benzene rings is 2. The lowest BCUT2D eigenvalue weighted by atomic mass is 10.1. The second-order valence-corrected chi connectivity index (χ2v) is 4.45. The van der Waals surface area contributed by atoms with Crippen LogP contribution in [0, 0.1) is 0 Å². The molecule has 2 aromatic rings. The highest BCUT2D eigenvalue weighted by Gasteiger charge is 2.37. The molecule has 0 aromatic heterocycles. The van der Waals surface area contributed by atoms with Crippen LogP contribution in [-0.4, -0.2) is 23.6 Å². The number of hydrogen-bond acceptors (Lipinski definition) is 2. The average molecular weight is 293 g/mol. The zero-order chi connectivity index (χ0) is 15.3. The smallest absolute Gasteiger partial charge is 0.394 e. The lowest BCUT2D eigenvalue weighted by molar-refractivity contribution is -0.0585. The van der Waals surface area contributed by atoms with Crippen molar-refractivity contribution in [3.05, 3.63) is 71.8 Å². The molecule has 0 spiro atoms. The van der Waals surface area contributed by atoms with E-state index < -0.39 is 24.5 Å². The first-order chi connectivity index (χ1) is 10.0. The largest absolute Gasteiger partial charge is 0.433 e. The van der Waals surface area contributed by atoms with Crippen molar-refractivity contribution in [3.63, 3.8) is 0 Å². The first-order valence-electron chi connectivity index (χ1n) is 6.38. The van der Waals surface area contributed by atoms with Gasteiger partial charge in [-0.2, -0.15) is 13.2 Å². The molecule has 0 saturated carbocycles. The molecule has 21 heavy (non-hydrogen) atoms. The van der Waals surface area contributed by atoms with Crippen molar-refractivity contribution in [2.24, 2.45) is 4.99 Å². The molecule has 2 aromatic carbocycles. The van der Waals surface area contributed by atoms with E-state index in [9.17, 15) is 18.3 Å². The van der Waals surface area contributed by atoms with Crippen LogP contribution in [0.25, 0.3) is 0 Å². The normalized spacial score (nSPS) is 14.0. The summed E-state index contributed by atoms with van der Waals surface area (Å²) in [5.74, 6) is 0. The first kappa shape index (κ1) is 15.3. The van der Waals surface area contributed by atoms with E-state index in [2.05, 4.69) is 4.99 Å². The number of aliphatic hydroxyl groups is 1. The molecule has 0 heterocycles. The lowest BCUT2D eigenvalue weighted by Crippen LogP contribution is -2.25. The molecular weight excluding hydrogens is 279 g/mol. The van der Waals surface area contributed by atoms with Crippen LogP contribution in [0.5, 0.6) is 0 Å². The molecule has 2 nitrogen and oxygen atoms in total. The summed E-state index contributed by atoms with van der Waals surface area (Å²) in [4.78, 5) is 3.75. The molecule has 1 atom stereocenters. The third-order valence-electron chi connectivity index (χ3n) is 2.96. The zero-order valence-electron chi connectivity index (χ0n) is 11.1. The van der Waals surface area contributed by atoms with Gasteiger partial charge in [0.05, 0.1) is 12.6 Å². The van der Waals surface area contributed by atoms with Gasteiger partial charge in [0.1, 0.15) is 5.71 Å². The zero-order valence-corrected chi connectivity index (χ0v) is 11.1. The van der Waals surface area contributed by atoms with Crippen LogP contribution in [0.2, 0.25) is 0 Å². The molecule has 0 aliphatic carbocycles. The van der Waals surface area contributed by atoms with Gasteiger partial charge in [-0.15, -0.1) is 0 Å². The van der Waals surface area contributed by atoms with Gasteiger partial charge in [0, 0.05) is 5.56 Å². The second kappa shape index (κ2) is 6.54. The van der Waals surface area contributed by atoms with Crippen LogP contribution in [-0.2, 0) is 0 Å². The highest BCUT2D eigenvalue weighted by atomic mass is 19.4. The summed E-state index contributed by atoms with van der Waals surface area (Å²) in [6, 6.07) is 14.9. The van der Waals surface area contributed by atoms with Crippen molar-refractivity contribution in [1.29, 1.82) is 0 Å². The van der Waals surface area contributed by atoms with E-state index in [0.717, 1.165) is 0 Å². The van der Waals surface area contributed by atoms with Crippen molar-refractivity contribution in [2.45, 2.75) is 12.2 Å². The molecule has 0 fully saturated rings. The molecule has 2 rings (SSSR count). The fraction of sp³-hybridized carbons (Fsp3) is 0.188. The van der Waals surface area contributed by atoms with Gasteiger partial charge in [-0.3, -0.25) is 4.99 Å². The number of rotatable bonds is 4. The molecule has 0 radical (unpaired) electrons. The van der Waals surface area contributed by atoms with E-state index in [1.807, 2.05) is 0 Å². The number of alkyl halides is 3. The molecule has 0 bridgehead atoms. The second-order valence-electron chi connectivity index (χ2n) is 4.45. The third kappa shape index (κ3) is 3.92. The SMILES string of the molecule is OC[C@@H](N=C(c1ccccc1)C(F)(F)F)c1ccccc1. The van der Waals surface area contributed by atoms with Crippen molar-refractivity contribution < 1.29 is 18.3 Å². The lowest BCUT2D eigenvalue weighted by Gasteiger charge is -2.16. The van der Waals surface area contributed by atoms with Crippen molar-refractivity contribution in [1.82, 2.24) is 0 Å². The summed E-state index contributed by atoms with van der Waals surface area (Å²) in [6.07, 6.45) is -4.58. The summed E-state index contributed by atoms with van der Waals surface area (Å²) in [5, 5.41) is 9.37. The summed E-state index contributed by atoms with van der Waals surface area (Å²) in [5.41, 5.74) is -0.455. The predicted molar refractivity (Wildman–Crippen MR) is 75.3 cm³/mol. The molecule has 0 aliphatic heterocycles. The monoisotopic (exact) mass is 293 g/mol. The Hall–Kier alpha value is -2.14. The van der Waals surface area contributed by atoms with Crippen LogP contribution in [0.4, 0.5) is 13.2 Å². The van der Waals surface area contributed by atoms with Crippen LogP contribution in [0.15, 0.2) is 65.7 Å². The fourth-order valence-corrected chi connectivity index (χ4v) is 1.96. The molecular formula is C16H14F3NO. The maximum absolute atomic E-state index is 13.2. The van der Waals surface area contributed by atoms with Crippen LogP contribution < -0.4 is 0 Å². The van der Waals surface area contributed by atoms with E-state index in [1.54, 1.807) is 36.4 Å². The molecule has 0 aliphatic rings. The standard InChI is InChI=1S/C16H14F3NO/c17-16(18,19)15(13-9-5-2-6-10-13)20-14(11-21)12-7-3-1-4-8-12/h1-10,14,21H,11H2/t14-/m1/s1. The Kier molecular flexibility index (Phi) is 4.75. The summed E-state index contributed by atoms with van der Waals surface area (Å²) < 4.78 is 39.6. The van der Waals surface area contributed by atoms with Gasteiger partial charge in [0.15, 0.2) is 0 Å². The highest BCUT2D eigenvalue weighted by Crippen LogP contribution is 2.26. The summed E-state index contributed by atoms with van der Waals surface area (Å²) >= 11 is 0. The molecule has 0 saturated heterocycles. The van der Waals surface area contributed by atoms with E-state index in [4.69, 9.17) is 0 Å². The highest BCUT2D eigenvalue weighted by molar-refractivity contribution is 6.04. The number of halogens is 3. The quantitative estimate of drug-likeness (QED) is 0.855. The maximum atomic E-state index is 13.2. The number of aliphatic hydroxyl groups excluding tert-OH is 1. The molecule has 0 amide bonds. The molecule has 5 heteroatoms. The first-order valence-corrected chi connectivity index (χ1v) is 6.38. The third-order valence-corrected chi connectivity index (χ3v) is 2.96. The Morgan fingerprint density at radius 3 is 1.95 bits per heavy atom. The fourth-order valence-electron chi connectivity index (χ4n) is 1.96. The van der Waals surface area contributed by atoms with Crippen LogP contribution in [0.1, 0.15) is 17.2 Å². The van der Waals surface area contributed by atoms with E-state index in [-0.39, 0.29) is 5.56 Å². The van der Waals surface area contributed by atoms with E-state index in [0.29, 0.717) is 5.56 Å². The van der Waals surface area contributed by atoms with Gasteiger partial charge in [-0.1, -0.05) is 60.7 Å². The summed E-state index contributed by atoms with van der Waals surface area (Å²) in [6.45, 7) is -0.490. The average Bonchev–Trinajstić information content (AvgIpc) is 2.49. The Morgan fingerprint density at radius 1 is 0.952 bits per heavy atom. The Labute approximate surface area is 120 Å². The topological polar surface area (TPSA) is 32.6 Å². The van der Waals surface area contributed by atoms with E-state index in [1.165, 1.54) is 24.3 Å². The van der Waals surface area contributed by atoms with Crippen molar-refractivity contribution >= 4 is 5.71 Å². The minimum atomic E-state index is -4.58. The van der Waals surface area contributed by atoms with Crippen molar-refractivity contribution in [3.8, 4) is 0 Å². The number of aliphatic imine (C=N–C) groups is 1. The predicted octanol–water partition coefficient (Wildman–Crippen LogP) is 3.77. The van der Waals surface area contributed by atoms with Crippen molar-refractivity contribution in [2.75, 3.05) is 6.61 Å². The van der Waals surface area contributed by atoms with Gasteiger partial charge < -0.3 is 5.11 Å². The molecule has 0 unspecified atom stereocenters. The van der Waals surface area contributed by atoms with Crippen LogP contribution in [0.3, 0.4) is 0 Å². The minimum absolute atomic E-state index is 0.0145. The summed E-state index contributed by atoms with van der Waals surface area (Å²) in [7, 11) is 0. The number of hydrogen-bond donors (Lipinski definition) is 1.